The molecular formula is C11H11BrO4. The maximum Gasteiger partial charge on any atom is 0.303 e. The van der Waals surface area contributed by atoms with E-state index >= 15 is 0 Å². The van der Waals surface area contributed by atoms with Crippen molar-refractivity contribution in [1.82, 2.24) is 0 Å². The van der Waals surface area contributed by atoms with Crippen molar-refractivity contribution >= 4 is 21.9 Å². The zero-order chi connectivity index (χ0) is 11.7. The zero-order valence-electron chi connectivity index (χ0n) is 8.75. The first-order valence-corrected chi connectivity index (χ1v) is 5.68. The van der Waals surface area contributed by atoms with Crippen molar-refractivity contribution < 1.29 is 19.4 Å². The largest absolute Gasteiger partial charge is 0.481 e. The van der Waals surface area contributed by atoms with Gasteiger partial charge >= 0.3 is 5.97 Å². The van der Waals surface area contributed by atoms with E-state index in [2.05, 4.69) is 15.9 Å². The molecule has 1 aromatic rings. The van der Waals surface area contributed by atoms with E-state index in [0.717, 1.165) is 15.6 Å². The minimum absolute atomic E-state index is 0.0904. The molecule has 0 fully saturated rings. The van der Waals surface area contributed by atoms with Crippen molar-refractivity contribution in [3.8, 4) is 11.5 Å². The van der Waals surface area contributed by atoms with Gasteiger partial charge < -0.3 is 14.6 Å². The van der Waals surface area contributed by atoms with Gasteiger partial charge in [-0.2, -0.15) is 0 Å². The minimum Gasteiger partial charge on any atom is -0.481 e. The molecular weight excluding hydrogens is 276 g/mol. The average Bonchev–Trinajstić information content (AvgIpc) is 2.65. The average molecular weight is 287 g/mol. The van der Waals surface area contributed by atoms with Crippen molar-refractivity contribution in [1.29, 1.82) is 0 Å². The lowest BCUT2D eigenvalue weighted by atomic mass is 10.0. The van der Waals surface area contributed by atoms with Gasteiger partial charge in [-0.1, -0.05) is 15.9 Å². The van der Waals surface area contributed by atoms with Crippen LogP contribution < -0.4 is 9.47 Å². The number of rotatable bonds is 3. The lowest BCUT2D eigenvalue weighted by Crippen LogP contribution is -2.01. The molecule has 0 bridgehead atoms. The molecule has 0 unspecified atom stereocenters. The Morgan fingerprint density at radius 3 is 3.00 bits per heavy atom. The van der Waals surface area contributed by atoms with Crippen molar-refractivity contribution in [3.63, 3.8) is 0 Å². The molecule has 0 aromatic heterocycles. The lowest BCUT2D eigenvalue weighted by Gasteiger charge is -2.10. The molecule has 1 aliphatic heterocycles. The van der Waals surface area contributed by atoms with Crippen molar-refractivity contribution in [2.45, 2.75) is 19.8 Å². The second-order valence-electron chi connectivity index (χ2n) is 3.59. The lowest BCUT2D eigenvalue weighted by molar-refractivity contribution is -0.136. The van der Waals surface area contributed by atoms with Crippen LogP contribution in [0.1, 0.15) is 17.5 Å². The van der Waals surface area contributed by atoms with E-state index in [1.807, 2.05) is 13.0 Å². The predicted molar refractivity (Wildman–Crippen MR) is 61.0 cm³/mol. The first kappa shape index (κ1) is 11.3. The van der Waals surface area contributed by atoms with Gasteiger partial charge in [-0.25, -0.2) is 0 Å². The zero-order valence-corrected chi connectivity index (χ0v) is 10.3. The summed E-state index contributed by atoms with van der Waals surface area (Å²) < 4.78 is 11.6. The Bertz CT molecular complexity index is 442. The van der Waals surface area contributed by atoms with Gasteiger partial charge in [0.05, 0.1) is 0 Å². The number of aliphatic carboxylic acids is 1. The van der Waals surface area contributed by atoms with E-state index in [0.29, 0.717) is 17.9 Å². The van der Waals surface area contributed by atoms with Gasteiger partial charge in [0, 0.05) is 16.5 Å². The second kappa shape index (κ2) is 4.33. The Balaban J connectivity index is 2.38. The Hall–Kier alpha value is -1.23. The van der Waals surface area contributed by atoms with Gasteiger partial charge in [-0.3, -0.25) is 4.79 Å². The number of halogens is 1. The number of hydrogen-bond donors (Lipinski definition) is 1. The molecule has 0 atom stereocenters. The van der Waals surface area contributed by atoms with Crippen LogP contribution in [0.5, 0.6) is 11.5 Å². The molecule has 5 heteroatoms. The quantitative estimate of drug-likeness (QED) is 0.928. The maximum absolute atomic E-state index is 10.6. The Labute approximate surface area is 101 Å². The minimum atomic E-state index is -0.813. The van der Waals surface area contributed by atoms with E-state index in [1.165, 1.54) is 0 Å². The molecule has 0 radical (unpaired) electrons. The van der Waals surface area contributed by atoms with Crippen LogP contribution in [0, 0.1) is 6.92 Å². The molecule has 2 rings (SSSR count). The summed E-state index contributed by atoms with van der Waals surface area (Å²) in [5.41, 5.74) is 1.91. The highest BCUT2D eigenvalue weighted by Gasteiger charge is 2.21. The molecule has 0 saturated carbocycles. The highest BCUT2D eigenvalue weighted by Crippen LogP contribution is 2.41. The SMILES string of the molecule is Cc1c(Br)cc2c(c1CCC(=O)O)OCO2. The van der Waals surface area contributed by atoms with E-state index in [4.69, 9.17) is 14.6 Å². The fraction of sp³-hybridized carbons (Fsp3) is 0.364. The standard InChI is InChI=1S/C11H11BrO4/c1-6-7(2-3-10(13)14)11-9(4-8(6)12)15-5-16-11/h4H,2-3,5H2,1H3,(H,13,14). The van der Waals surface area contributed by atoms with Crippen LogP contribution in [-0.2, 0) is 11.2 Å². The Kier molecular flexibility index (Phi) is 3.05. The van der Waals surface area contributed by atoms with Crippen molar-refractivity contribution in [3.05, 3.63) is 21.7 Å². The first-order valence-electron chi connectivity index (χ1n) is 4.89. The van der Waals surface area contributed by atoms with Crippen LogP contribution in [0.2, 0.25) is 0 Å². The Morgan fingerprint density at radius 2 is 2.31 bits per heavy atom. The number of benzene rings is 1. The molecule has 4 nitrogen and oxygen atoms in total. The second-order valence-corrected chi connectivity index (χ2v) is 4.44. The first-order chi connectivity index (χ1) is 7.59. The molecule has 16 heavy (non-hydrogen) atoms. The molecule has 0 spiro atoms. The molecule has 0 saturated heterocycles. The van der Waals surface area contributed by atoms with Crippen LogP contribution in [0.25, 0.3) is 0 Å². The summed E-state index contributed by atoms with van der Waals surface area (Å²) in [7, 11) is 0. The number of carboxylic acid groups (broad SMARTS) is 1. The summed E-state index contributed by atoms with van der Waals surface area (Å²) in [6.07, 6.45) is 0.541. The van der Waals surface area contributed by atoms with E-state index in [9.17, 15) is 4.79 Å². The normalized spacial score (nSPS) is 12.9. The van der Waals surface area contributed by atoms with Crippen LogP contribution in [0.3, 0.4) is 0 Å². The van der Waals surface area contributed by atoms with Crippen molar-refractivity contribution in [2.24, 2.45) is 0 Å². The summed E-state index contributed by atoms with van der Waals surface area (Å²) in [4.78, 5) is 10.6. The number of fused-ring (bicyclic) bond motifs is 1. The molecule has 1 aliphatic rings. The van der Waals surface area contributed by atoms with Gasteiger partial charge in [0.1, 0.15) is 0 Å². The number of hydrogen-bond acceptors (Lipinski definition) is 3. The highest BCUT2D eigenvalue weighted by molar-refractivity contribution is 9.10. The summed E-state index contributed by atoms with van der Waals surface area (Å²) >= 11 is 3.42. The summed E-state index contributed by atoms with van der Waals surface area (Å²) in [6, 6.07) is 1.85. The van der Waals surface area contributed by atoms with E-state index < -0.39 is 5.97 Å². The van der Waals surface area contributed by atoms with Gasteiger partial charge in [0.25, 0.3) is 0 Å². The summed E-state index contributed by atoms with van der Waals surface area (Å²) in [6.45, 7) is 2.13. The van der Waals surface area contributed by atoms with Crippen LogP contribution in [-0.4, -0.2) is 17.9 Å². The monoisotopic (exact) mass is 286 g/mol. The van der Waals surface area contributed by atoms with E-state index in [-0.39, 0.29) is 13.2 Å². The molecule has 0 amide bonds. The fourth-order valence-electron chi connectivity index (χ4n) is 1.70. The third kappa shape index (κ3) is 2.00. The van der Waals surface area contributed by atoms with Gasteiger partial charge in [-0.05, 0) is 25.0 Å². The fourth-order valence-corrected chi connectivity index (χ4v) is 2.15. The van der Waals surface area contributed by atoms with Crippen LogP contribution in [0.15, 0.2) is 10.5 Å². The summed E-state index contributed by atoms with van der Waals surface area (Å²) in [5.74, 6) is 0.548. The molecule has 86 valence electrons. The topological polar surface area (TPSA) is 55.8 Å². The molecule has 1 aromatic carbocycles. The highest BCUT2D eigenvalue weighted by atomic mass is 79.9. The van der Waals surface area contributed by atoms with Gasteiger partial charge in [-0.15, -0.1) is 0 Å². The molecule has 0 aliphatic carbocycles. The van der Waals surface area contributed by atoms with Crippen LogP contribution in [0.4, 0.5) is 0 Å². The van der Waals surface area contributed by atoms with E-state index in [1.54, 1.807) is 0 Å². The number of carbonyl (C=O) groups is 1. The van der Waals surface area contributed by atoms with Gasteiger partial charge in [0.2, 0.25) is 6.79 Å². The maximum atomic E-state index is 10.6. The molecule has 1 N–H and O–H groups in total. The third-order valence-corrected chi connectivity index (χ3v) is 3.40. The van der Waals surface area contributed by atoms with Gasteiger partial charge in [0.15, 0.2) is 11.5 Å². The third-order valence-electron chi connectivity index (χ3n) is 2.57. The Morgan fingerprint density at radius 1 is 1.56 bits per heavy atom. The molecule has 1 heterocycles. The predicted octanol–water partition coefficient (Wildman–Crippen LogP) is 2.50. The summed E-state index contributed by atoms with van der Waals surface area (Å²) in [5, 5.41) is 8.70. The number of carboxylic acids is 1. The van der Waals surface area contributed by atoms with Crippen LogP contribution >= 0.6 is 15.9 Å². The smallest absolute Gasteiger partial charge is 0.303 e. The number of ether oxygens (including phenoxy) is 2. The van der Waals surface area contributed by atoms with Crippen molar-refractivity contribution in [2.75, 3.05) is 6.79 Å².